The fourth-order valence-corrected chi connectivity index (χ4v) is 3.63. The molecule has 2 aromatic carbocycles. The van der Waals surface area contributed by atoms with Crippen molar-refractivity contribution in [2.75, 3.05) is 20.6 Å². The summed E-state index contributed by atoms with van der Waals surface area (Å²) in [4.78, 5) is 16.9. The van der Waals surface area contributed by atoms with Crippen LogP contribution in [0.25, 0.3) is 12.2 Å². The fourth-order valence-electron chi connectivity index (χ4n) is 3.63. The normalized spacial score (nSPS) is 13.8. The number of hydrogen-bond donors (Lipinski definition) is 0. The van der Waals surface area contributed by atoms with Gasteiger partial charge < -0.3 is 14.2 Å². The van der Waals surface area contributed by atoms with Gasteiger partial charge in [-0.2, -0.15) is 0 Å². The van der Waals surface area contributed by atoms with Gasteiger partial charge >= 0.3 is 0 Å². The van der Waals surface area contributed by atoms with Gasteiger partial charge in [0.1, 0.15) is 11.5 Å². The van der Waals surface area contributed by atoms with Crippen LogP contribution < -0.4 is 0 Å². The predicted molar refractivity (Wildman–Crippen MR) is 116 cm³/mol. The molecule has 3 aromatic rings. The quantitative estimate of drug-likeness (QED) is 0.596. The number of hydrogen-bond acceptors (Lipinski definition) is 3. The SMILES string of the molecule is CN(C)Cc1cc2c(o1)CCN(C(=O)c1ccc(C=Cc3ccccc3)cc1)C2. The molecule has 1 aromatic heterocycles. The maximum atomic E-state index is 13.0. The van der Waals surface area contributed by atoms with Gasteiger partial charge in [-0.05, 0) is 43.4 Å². The zero-order chi connectivity index (χ0) is 20.2. The monoisotopic (exact) mass is 386 g/mol. The summed E-state index contributed by atoms with van der Waals surface area (Å²) in [5, 5.41) is 0. The minimum Gasteiger partial charge on any atom is -0.464 e. The Morgan fingerprint density at radius 2 is 1.72 bits per heavy atom. The second-order valence-electron chi connectivity index (χ2n) is 7.74. The summed E-state index contributed by atoms with van der Waals surface area (Å²) in [5.74, 6) is 2.06. The van der Waals surface area contributed by atoms with Gasteiger partial charge in [0.15, 0.2) is 0 Å². The molecule has 4 rings (SSSR count). The molecule has 148 valence electrons. The van der Waals surface area contributed by atoms with E-state index in [0.29, 0.717) is 13.1 Å². The molecule has 4 nitrogen and oxygen atoms in total. The number of nitrogens with zero attached hydrogens (tertiary/aromatic N) is 2. The number of amides is 1. The van der Waals surface area contributed by atoms with Crippen LogP contribution in [0.3, 0.4) is 0 Å². The van der Waals surface area contributed by atoms with Crippen molar-refractivity contribution in [1.29, 1.82) is 0 Å². The molecule has 2 heterocycles. The van der Waals surface area contributed by atoms with E-state index in [1.165, 1.54) is 0 Å². The lowest BCUT2D eigenvalue weighted by atomic mass is 10.1. The van der Waals surface area contributed by atoms with Crippen molar-refractivity contribution in [1.82, 2.24) is 9.80 Å². The van der Waals surface area contributed by atoms with Gasteiger partial charge in [-0.1, -0.05) is 54.6 Å². The molecule has 1 aliphatic heterocycles. The second-order valence-corrected chi connectivity index (χ2v) is 7.74. The summed E-state index contributed by atoms with van der Waals surface area (Å²) in [6.07, 6.45) is 4.91. The first kappa shape index (κ1) is 19.2. The molecule has 0 saturated carbocycles. The maximum absolute atomic E-state index is 13.0. The molecule has 0 atom stereocenters. The summed E-state index contributed by atoms with van der Waals surface area (Å²) < 4.78 is 5.94. The van der Waals surface area contributed by atoms with E-state index in [1.807, 2.05) is 61.5 Å². The van der Waals surface area contributed by atoms with Crippen molar-refractivity contribution < 1.29 is 9.21 Å². The van der Waals surface area contributed by atoms with E-state index in [-0.39, 0.29) is 5.91 Å². The number of carbonyl (C=O) groups excluding carboxylic acids is 1. The molecule has 0 unspecified atom stereocenters. The average Bonchev–Trinajstić information content (AvgIpc) is 3.13. The van der Waals surface area contributed by atoms with Crippen molar-refractivity contribution in [3.8, 4) is 0 Å². The smallest absolute Gasteiger partial charge is 0.254 e. The Labute approximate surface area is 172 Å². The van der Waals surface area contributed by atoms with Gasteiger partial charge in [-0.3, -0.25) is 4.79 Å². The van der Waals surface area contributed by atoms with E-state index in [0.717, 1.165) is 46.7 Å². The molecule has 0 aliphatic carbocycles. The van der Waals surface area contributed by atoms with Crippen molar-refractivity contribution in [3.63, 3.8) is 0 Å². The Balaban J connectivity index is 1.42. The van der Waals surface area contributed by atoms with Crippen LogP contribution in [0.15, 0.2) is 65.1 Å². The van der Waals surface area contributed by atoms with Crippen LogP contribution in [0, 0.1) is 0 Å². The summed E-state index contributed by atoms with van der Waals surface area (Å²) in [7, 11) is 4.05. The number of carbonyl (C=O) groups is 1. The molecule has 4 heteroatoms. The van der Waals surface area contributed by atoms with Crippen LogP contribution in [-0.4, -0.2) is 36.3 Å². The van der Waals surface area contributed by atoms with Crippen LogP contribution >= 0.6 is 0 Å². The van der Waals surface area contributed by atoms with Crippen molar-refractivity contribution >= 4 is 18.1 Å². The molecule has 1 aliphatic rings. The summed E-state index contributed by atoms with van der Waals surface area (Å²) in [6.45, 7) is 2.08. The lowest BCUT2D eigenvalue weighted by Crippen LogP contribution is -2.35. The van der Waals surface area contributed by atoms with Crippen LogP contribution in [0.1, 0.15) is 38.6 Å². The van der Waals surface area contributed by atoms with E-state index >= 15 is 0 Å². The van der Waals surface area contributed by atoms with Crippen molar-refractivity contribution in [2.45, 2.75) is 19.5 Å². The van der Waals surface area contributed by atoms with Crippen LogP contribution in [0.2, 0.25) is 0 Å². The highest BCUT2D eigenvalue weighted by Crippen LogP contribution is 2.25. The molecule has 0 bridgehead atoms. The first-order valence-corrected chi connectivity index (χ1v) is 9.96. The number of benzene rings is 2. The molecular formula is C25H26N2O2. The van der Waals surface area contributed by atoms with Crippen molar-refractivity contribution in [2.24, 2.45) is 0 Å². The third-order valence-corrected chi connectivity index (χ3v) is 5.10. The molecule has 0 fully saturated rings. The Bertz CT molecular complexity index is 1000. The summed E-state index contributed by atoms with van der Waals surface area (Å²) in [5.41, 5.74) is 4.09. The standard InChI is InChI=1S/C25H26N2O2/c1-26(2)18-23-16-22-17-27(15-14-24(22)29-23)25(28)21-12-10-20(11-13-21)9-8-19-6-4-3-5-7-19/h3-13,16H,14-15,17-18H2,1-2H3. The maximum Gasteiger partial charge on any atom is 0.254 e. The topological polar surface area (TPSA) is 36.7 Å². The zero-order valence-electron chi connectivity index (χ0n) is 17.0. The molecule has 29 heavy (non-hydrogen) atoms. The van der Waals surface area contributed by atoms with E-state index in [9.17, 15) is 4.79 Å². The first-order valence-electron chi connectivity index (χ1n) is 9.96. The lowest BCUT2D eigenvalue weighted by molar-refractivity contribution is 0.0729. The highest BCUT2D eigenvalue weighted by Gasteiger charge is 2.25. The number of rotatable bonds is 5. The van der Waals surface area contributed by atoms with E-state index < -0.39 is 0 Å². The van der Waals surface area contributed by atoms with Gasteiger partial charge in [0, 0.05) is 30.6 Å². The number of furan rings is 1. The molecular weight excluding hydrogens is 360 g/mol. The average molecular weight is 386 g/mol. The second kappa shape index (κ2) is 8.50. The molecule has 0 N–H and O–H groups in total. The van der Waals surface area contributed by atoms with Crippen LogP contribution in [0.4, 0.5) is 0 Å². The molecule has 1 amide bonds. The fraction of sp³-hybridized carbons (Fsp3) is 0.240. The molecule has 0 radical (unpaired) electrons. The molecule has 0 spiro atoms. The highest BCUT2D eigenvalue weighted by molar-refractivity contribution is 5.94. The van der Waals surface area contributed by atoms with Gasteiger partial charge in [-0.25, -0.2) is 0 Å². The van der Waals surface area contributed by atoms with Crippen LogP contribution in [-0.2, 0) is 19.5 Å². The largest absolute Gasteiger partial charge is 0.464 e. The minimum absolute atomic E-state index is 0.0737. The van der Waals surface area contributed by atoms with Crippen LogP contribution in [0.5, 0.6) is 0 Å². The zero-order valence-corrected chi connectivity index (χ0v) is 17.0. The predicted octanol–water partition coefficient (Wildman–Crippen LogP) is 4.71. The number of fused-ring (bicyclic) bond motifs is 1. The third kappa shape index (κ3) is 4.66. The van der Waals surface area contributed by atoms with Gasteiger partial charge in [-0.15, -0.1) is 0 Å². The van der Waals surface area contributed by atoms with Gasteiger partial charge in [0.05, 0.1) is 6.54 Å². The minimum atomic E-state index is 0.0737. The summed E-state index contributed by atoms with van der Waals surface area (Å²) in [6, 6.07) is 20.1. The Morgan fingerprint density at radius 1 is 1.03 bits per heavy atom. The Hall–Kier alpha value is -3.11. The Kier molecular flexibility index (Phi) is 5.63. The van der Waals surface area contributed by atoms with E-state index in [4.69, 9.17) is 4.42 Å². The van der Waals surface area contributed by atoms with Gasteiger partial charge in [0.2, 0.25) is 0 Å². The first-order chi connectivity index (χ1) is 14.1. The lowest BCUT2D eigenvalue weighted by Gasteiger charge is -2.26. The molecule has 0 saturated heterocycles. The van der Waals surface area contributed by atoms with Crippen molar-refractivity contribution in [3.05, 3.63) is 94.4 Å². The van der Waals surface area contributed by atoms with Gasteiger partial charge in [0.25, 0.3) is 5.91 Å². The summed E-state index contributed by atoms with van der Waals surface area (Å²) >= 11 is 0. The highest BCUT2D eigenvalue weighted by atomic mass is 16.3. The van der Waals surface area contributed by atoms with E-state index in [1.54, 1.807) is 0 Å². The third-order valence-electron chi connectivity index (χ3n) is 5.10. The van der Waals surface area contributed by atoms with E-state index in [2.05, 4.69) is 35.3 Å². The Morgan fingerprint density at radius 3 is 2.41 bits per heavy atom.